The largest absolute Gasteiger partial charge is 0.457 e. The summed E-state index contributed by atoms with van der Waals surface area (Å²) in [5.41, 5.74) is 4.83. The lowest BCUT2D eigenvalue weighted by molar-refractivity contribution is -0.566. The van der Waals surface area contributed by atoms with Crippen LogP contribution in [0.1, 0.15) is 26.1 Å². The number of nitrogens with zero attached hydrogens (tertiary/aromatic N) is 4. The summed E-state index contributed by atoms with van der Waals surface area (Å²) in [5.74, 6) is 1.47. The molecular formula is C55H39N4O+. The number of hydrogen-bond acceptors (Lipinski definition) is 2. The maximum atomic E-state index is 9.02. The van der Waals surface area contributed by atoms with Gasteiger partial charge in [0.2, 0.25) is 0 Å². The lowest BCUT2D eigenvalue weighted by Crippen LogP contribution is -2.30. The number of aryl methyl sites for hydroxylation is 1. The molecule has 0 atom stereocenters. The van der Waals surface area contributed by atoms with E-state index in [0.29, 0.717) is 45.2 Å². The van der Waals surface area contributed by atoms with Gasteiger partial charge in [-0.15, -0.1) is 0 Å². The summed E-state index contributed by atoms with van der Waals surface area (Å²) < 4.78 is 141. The zero-order valence-corrected chi connectivity index (χ0v) is 31.8. The third kappa shape index (κ3) is 6.12. The first-order chi connectivity index (χ1) is 35.9. The standard InChI is InChI=1S/C55H39N4O/c1-38-33-54(56-36-49(38)41-21-9-4-10-22-41)59-50-28-12-11-25-47(50)48-32-31-44(35-53(48)59)60-43-24-15-23-42(34-43)57-37-58(52-30-14-13-29-51(52)57)55-45(39-17-5-2-6-18-39)26-16-27-46(55)40-19-7-3-8-20-40/h2-37H,1H3/q+1/i2D,3D,4D,5D,6D,7D,8D,9D,10D,17D,18D,19D,20D,21D,22D. The Hall–Kier alpha value is -8.02. The minimum absolute atomic E-state index is 0.0664. The van der Waals surface area contributed by atoms with E-state index in [2.05, 4.69) is 0 Å². The number of ether oxygens (including phenoxy) is 1. The van der Waals surface area contributed by atoms with Gasteiger partial charge in [0.15, 0.2) is 11.0 Å². The number of rotatable bonds is 8. The number of aromatic nitrogens is 4. The van der Waals surface area contributed by atoms with Crippen LogP contribution in [0.15, 0.2) is 218 Å². The molecule has 0 N–H and O–H groups in total. The summed E-state index contributed by atoms with van der Waals surface area (Å²) in [7, 11) is 0. The minimum Gasteiger partial charge on any atom is -0.457 e. The lowest BCUT2D eigenvalue weighted by atomic mass is 9.95. The minimum atomic E-state index is -0.583. The fraction of sp³-hybridized carbons (Fsp3) is 0.0182. The SMILES string of the molecule is [2H]c1c([2H])c([2H])c(-c2cnc(-n3c4ccccc4c4ccc(Oc5cccc(-n6c[n+](-c7c(-c8c([2H])c([2H])c([2H])c([2H])c8[2H])cccc7-c7c([2H])c([2H])c([2H])c([2H])c7[2H])c7ccccc76)c5)cc43)cc2C)c([2H])c1[2H]. The molecule has 0 saturated carbocycles. The van der Waals surface area contributed by atoms with Gasteiger partial charge in [0.05, 0.1) is 31.6 Å². The molecule has 0 bridgehead atoms. The highest BCUT2D eigenvalue weighted by atomic mass is 16.5. The van der Waals surface area contributed by atoms with E-state index in [1.165, 1.54) is 6.20 Å². The molecule has 0 unspecified atom stereocenters. The fourth-order valence-electron chi connectivity index (χ4n) is 7.87. The average Bonchev–Trinajstić information content (AvgIpc) is 3.96. The first-order valence-electron chi connectivity index (χ1n) is 26.5. The van der Waals surface area contributed by atoms with E-state index in [1.54, 1.807) is 41.2 Å². The van der Waals surface area contributed by atoms with Crippen LogP contribution in [0.2, 0.25) is 0 Å². The van der Waals surface area contributed by atoms with Gasteiger partial charge in [-0.2, -0.15) is 9.13 Å². The molecule has 0 amide bonds. The smallest absolute Gasteiger partial charge is 0.255 e. The van der Waals surface area contributed by atoms with E-state index in [-0.39, 0.29) is 45.6 Å². The van der Waals surface area contributed by atoms with Gasteiger partial charge in [0.1, 0.15) is 28.7 Å². The molecule has 3 aromatic heterocycles. The Morgan fingerprint density at radius 1 is 0.533 bits per heavy atom. The van der Waals surface area contributed by atoms with E-state index in [4.69, 9.17) is 30.3 Å². The third-order valence-corrected chi connectivity index (χ3v) is 10.5. The molecule has 0 spiro atoms. The van der Waals surface area contributed by atoms with Crippen molar-refractivity contribution < 1.29 is 29.9 Å². The van der Waals surface area contributed by atoms with Crippen molar-refractivity contribution in [1.29, 1.82) is 0 Å². The van der Waals surface area contributed by atoms with Crippen molar-refractivity contribution >= 4 is 32.8 Å². The quantitative estimate of drug-likeness (QED) is 0.144. The number of para-hydroxylation sites is 4. The molecule has 284 valence electrons. The van der Waals surface area contributed by atoms with Crippen molar-refractivity contribution in [3.05, 3.63) is 224 Å². The average molecular weight is 787 g/mol. The molecular weight excluding hydrogens is 733 g/mol. The first kappa shape index (κ1) is 22.8. The fourth-order valence-corrected chi connectivity index (χ4v) is 7.87. The molecule has 0 aliphatic carbocycles. The topological polar surface area (TPSA) is 35.9 Å². The molecule has 0 aliphatic rings. The normalized spacial score (nSPS) is 14.9. The Balaban J connectivity index is 1.05. The monoisotopic (exact) mass is 786 g/mol. The number of pyridine rings is 1. The Morgan fingerprint density at radius 2 is 1.13 bits per heavy atom. The Labute approximate surface area is 369 Å². The van der Waals surface area contributed by atoms with Crippen molar-refractivity contribution in [3.8, 4) is 62.1 Å². The van der Waals surface area contributed by atoms with E-state index in [9.17, 15) is 0 Å². The second-order valence-electron chi connectivity index (χ2n) is 14.0. The second-order valence-corrected chi connectivity index (χ2v) is 14.0. The van der Waals surface area contributed by atoms with Crippen LogP contribution in [0.3, 0.4) is 0 Å². The van der Waals surface area contributed by atoms with E-state index >= 15 is 0 Å². The Morgan fingerprint density at radius 3 is 1.83 bits per heavy atom. The van der Waals surface area contributed by atoms with Crippen LogP contribution >= 0.6 is 0 Å². The van der Waals surface area contributed by atoms with Crippen molar-refractivity contribution in [1.82, 2.24) is 14.1 Å². The molecule has 0 saturated heterocycles. The second kappa shape index (κ2) is 14.7. The van der Waals surface area contributed by atoms with E-state index in [0.717, 1.165) is 21.8 Å². The van der Waals surface area contributed by atoms with Gasteiger partial charge in [-0.3, -0.25) is 4.57 Å². The number of imidazole rings is 1. The lowest BCUT2D eigenvalue weighted by Gasteiger charge is -2.13. The summed E-state index contributed by atoms with van der Waals surface area (Å²) in [6.45, 7) is 1.81. The summed E-state index contributed by atoms with van der Waals surface area (Å²) in [6.07, 6.45) is 3.27. The summed E-state index contributed by atoms with van der Waals surface area (Å²) in [5, 5.41) is 1.86. The van der Waals surface area contributed by atoms with Gasteiger partial charge in [0, 0.05) is 45.8 Å². The van der Waals surface area contributed by atoms with Crippen molar-refractivity contribution in [2.45, 2.75) is 6.92 Å². The van der Waals surface area contributed by atoms with Crippen LogP contribution in [0.4, 0.5) is 0 Å². The number of benzene rings is 8. The molecule has 0 radical (unpaired) electrons. The molecule has 8 aromatic carbocycles. The zero-order valence-electron chi connectivity index (χ0n) is 46.8. The van der Waals surface area contributed by atoms with Crippen molar-refractivity contribution in [2.75, 3.05) is 0 Å². The molecule has 3 heterocycles. The van der Waals surface area contributed by atoms with E-state index < -0.39 is 78.6 Å². The number of hydrogen-bond donors (Lipinski definition) is 0. The highest BCUT2D eigenvalue weighted by Gasteiger charge is 2.25. The van der Waals surface area contributed by atoms with Crippen LogP contribution < -0.4 is 9.30 Å². The highest BCUT2D eigenvalue weighted by molar-refractivity contribution is 6.09. The maximum Gasteiger partial charge on any atom is 0.255 e. The van der Waals surface area contributed by atoms with Crippen LogP contribution in [0.5, 0.6) is 11.5 Å². The van der Waals surface area contributed by atoms with Gasteiger partial charge in [-0.25, -0.2) is 4.98 Å². The van der Waals surface area contributed by atoms with Gasteiger partial charge in [0.25, 0.3) is 6.33 Å². The van der Waals surface area contributed by atoms with Gasteiger partial charge < -0.3 is 4.74 Å². The van der Waals surface area contributed by atoms with Crippen LogP contribution in [-0.4, -0.2) is 14.1 Å². The third-order valence-electron chi connectivity index (χ3n) is 10.5. The molecule has 11 aromatic rings. The highest BCUT2D eigenvalue weighted by Crippen LogP contribution is 2.37. The van der Waals surface area contributed by atoms with Gasteiger partial charge in [-0.1, -0.05) is 145 Å². The molecule has 11 rings (SSSR count). The van der Waals surface area contributed by atoms with Crippen LogP contribution in [0.25, 0.3) is 83.4 Å². The van der Waals surface area contributed by atoms with Crippen LogP contribution in [-0.2, 0) is 0 Å². The van der Waals surface area contributed by atoms with Gasteiger partial charge in [-0.05, 0) is 77.7 Å². The zero-order chi connectivity index (χ0) is 53.0. The maximum absolute atomic E-state index is 9.02. The Kier molecular flexibility index (Phi) is 5.60. The molecule has 60 heavy (non-hydrogen) atoms. The van der Waals surface area contributed by atoms with E-state index in [1.807, 2.05) is 101 Å². The van der Waals surface area contributed by atoms with Crippen molar-refractivity contribution in [2.24, 2.45) is 0 Å². The first-order valence-corrected chi connectivity index (χ1v) is 19.0. The predicted octanol–water partition coefficient (Wildman–Crippen LogP) is 13.5. The van der Waals surface area contributed by atoms with Gasteiger partial charge >= 0.3 is 0 Å². The predicted molar refractivity (Wildman–Crippen MR) is 245 cm³/mol. The summed E-state index contributed by atoms with van der Waals surface area (Å²) >= 11 is 0. The molecule has 0 aliphatic heterocycles. The Bertz CT molecular complexity index is 4090. The van der Waals surface area contributed by atoms with Crippen LogP contribution in [0, 0.1) is 6.92 Å². The summed E-state index contributed by atoms with van der Waals surface area (Å²) in [6, 6.07) is 27.5. The molecule has 5 nitrogen and oxygen atoms in total. The number of fused-ring (bicyclic) bond motifs is 4. The molecule has 0 fully saturated rings. The summed E-state index contributed by atoms with van der Waals surface area (Å²) in [4.78, 5) is 4.81. The molecule has 5 heteroatoms. The van der Waals surface area contributed by atoms with Crippen molar-refractivity contribution in [3.63, 3.8) is 0 Å².